The maximum Gasteiger partial charge on any atom is 0.246 e. The molecule has 0 atom stereocenters. The Labute approximate surface area is 152 Å². The van der Waals surface area contributed by atoms with Gasteiger partial charge in [-0.05, 0) is 53.5 Å². The number of carbonyl (C=O) groups excluding carboxylic acids is 1. The number of hydrogen-bond acceptors (Lipinski definition) is 3. The van der Waals surface area contributed by atoms with Gasteiger partial charge in [0.1, 0.15) is 0 Å². The van der Waals surface area contributed by atoms with Gasteiger partial charge in [0.2, 0.25) is 5.91 Å². The lowest BCUT2D eigenvalue weighted by Crippen LogP contribution is -2.34. The Morgan fingerprint density at radius 2 is 1.72 bits per heavy atom. The Balaban J connectivity index is 1.73. The summed E-state index contributed by atoms with van der Waals surface area (Å²) in [6.07, 6.45) is 4.22. The van der Waals surface area contributed by atoms with Crippen LogP contribution in [0.25, 0.3) is 6.08 Å². The van der Waals surface area contributed by atoms with Crippen LogP contribution in [0.5, 0.6) is 11.5 Å². The molecule has 0 bridgehead atoms. The predicted molar refractivity (Wildman–Crippen MR) is 99.2 cm³/mol. The van der Waals surface area contributed by atoms with E-state index in [2.05, 4.69) is 0 Å². The van der Waals surface area contributed by atoms with Crippen LogP contribution in [-0.2, 0) is 17.8 Å². The number of benzene rings is 2. The van der Waals surface area contributed by atoms with Gasteiger partial charge >= 0.3 is 0 Å². The maximum atomic E-state index is 12.5. The van der Waals surface area contributed by atoms with Crippen molar-refractivity contribution in [3.63, 3.8) is 0 Å². The quantitative estimate of drug-likeness (QED) is 0.777. The molecule has 2 aromatic rings. The minimum atomic E-state index is -0.00427. The van der Waals surface area contributed by atoms with Crippen molar-refractivity contribution in [3.05, 3.63) is 64.2 Å². The van der Waals surface area contributed by atoms with E-state index in [-0.39, 0.29) is 5.91 Å². The topological polar surface area (TPSA) is 38.8 Å². The monoisotopic (exact) mass is 357 g/mol. The zero-order valence-electron chi connectivity index (χ0n) is 14.3. The summed E-state index contributed by atoms with van der Waals surface area (Å²) in [6.45, 7) is 1.26. The summed E-state index contributed by atoms with van der Waals surface area (Å²) < 4.78 is 10.7. The molecule has 130 valence electrons. The minimum absolute atomic E-state index is 0.00427. The summed E-state index contributed by atoms with van der Waals surface area (Å²) in [5, 5.41) is 0.681. The number of methoxy groups -OCH3 is 2. The Hall–Kier alpha value is -2.46. The van der Waals surface area contributed by atoms with Gasteiger partial charge in [-0.3, -0.25) is 4.79 Å². The number of carbonyl (C=O) groups is 1. The Bertz CT molecular complexity index is 799. The van der Waals surface area contributed by atoms with Crippen LogP contribution in [-0.4, -0.2) is 31.6 Å². The Kier molecular flexibility index (Phi) is 5.29. The van der Waals surface area contributed by atoms with Gasteiger partial charge in [0.05, 0.1) is 14.2 Å². The molecule has 0 fully saturated rings. The molecule has 1 amide bonds. The van der Waals surface area contributed by atoms with Crippen molar-refractivity contribution in [2.45, 2.75) is 13.0 Å². The molecule has 0 aliphatic carbocycles. The standard InChI is InChI=1S/C20H20ClNO3/c1-24-18-11-15-9-10-22(13-16(15)12-19(18)25-2)20(23)8-5-14-3-6-17(21)7-4-14/h3-8,11-12H,9-10,13H2,1-2H3. The second kappa shape index (κ2) is 7.62. The van der Waals surface area contributed by atoms with E-state index < -0.39 is 0 Å². The predicted octanol–water partition coefficient (Wildman–Crippen LogP) is 3.96. The number of amides is 1. The molecule has 3 rings (SSSR count). The number of halogens is 1. The molecule has 5 heteroatoms. The van der Waals surface area contributed by atoms with Crippen LogP contribution >= 0.6 is 11.6 Å². The third-order valence-corrected chi connectivity index (χ3v) is 4.57. The first kappa shape index (κ1) is 17.4. The van der Waals surface area contributed by atoms with E-state index in [1.807, 2.05) is 47.4 Å². The fraction of sp³-hybridized carbons (Fsp3) is 0.250. The van der Waals surface area contributed by atoms with E-state index in [0.717, 1.165) is 23.3 Å². The number of ether oxygens (including phenoxy) is 2. The van der Waals surface area contributed by atoms with Crippen molar-refractivity contribution in [2.24, 2.45) is 0 Å². The first-order chi connectivity index (χ1) is 12.1. The molecule has 4 nitrogen and oxygen atoms in total. The van der Waals surface area contributed by atoms with Gasteiger partial charge in [0, 0.05) is 24.2 Å². The fourth-order valence-corrected chi connectivity index (χ4v) is 3.04. The van der Waals surface area contributed by atoms with Crippen LogP contribution in [0.3, 0.4) is 0 Å². The van der Waals surface area contributed by atoms with Gasteiger partial charge in [0.25, 0.3) is 0 Å². The van der Waals surface area contributed by atoms with Crippen LogP contribution in [0.4, 0.5) is 0 Å². The molecule has 0 spiro atoms. The zero-order valence-corrected chi connectivity index (χ0v) is 15.0. The largest absolute Gasteiger partial charge is 0.493 e. The van der Waals surface area contributed by atoms with Gasteiger partial charge in [-0.15, -0.1) is 0 Å². The van der Waals surface area contributed by atoms with E-state index >= 15 is 0 Å². The maximum absolute atomic E-state index is 12.5. The summed E-state index contributed by atoms with van der Waals surface area (Å²) >= 11 is 5.87. The Morgan fingerprint density at radius 3 is 2.36 bits per heavy atom. The lowest BCUT2D eigenvalue weighted by atomic mass is 9.98. The molecule has 1 aliphatic heterocycles. The third-order valence-electron chi connectivity index (χ3n) is 4.32. The van der Waals surface area contributed by atoms with Crippen molar-refractivity contribution in [1.82, 2.24) is 4.90 Å². The molecule has 1 heterocycles. The van der Waals surface area contributed by atoms with E-state index in [1.165, 1.54) is 5.56 Å². The lowest BCUT2D eigenvalue weighted by molar-refractivity contribution is -0.126. The smallest absolute Gasteiger partial charge is 0.246 e. The molecule has 25 heavy (non-hydrogen) atoms. The molecule has 2 aromatic carbocycles. The molecule has 0 radical (unpaired) electrons. The first-order valence-electron chi connectivity index (χ1n) is 8.07. The summed E-state index contributed by atoms with van der Waals surface area (Å²) in [4.78, 5) is 14.3. The van der Waals surface area contributed by atoms with Gasteiger partial charge in [-0.25, -0.2) is 0 Å². The van der Waals surface area contributed by atoms with Gasteiger partial charge in [0.15, 0.2) is 11.5 Å². The van der Waals surface area contributed by atoms with E-state index in [1.54, 1.807) is 20.3 Å². The van der Waals surface area contributed by atoms with Crippen LogP contribution in [0.15, 0.2) is 42.5 Å². The molecule has 1 aliphatic rings. The number of nitrogens with zero attached hydrogens (tertiary/aromatic N) is 1. The number of hydrogen-bond donors (Lipinski definition) is 0. The van der Waals surface area contributed by atoms with E-state index in [9.17, 15) is 4.79 Å². The summed E-state index contributed by atoms with van der Waals surface area (Å²) in [6, 6.07) is 11.3. The highest BCUT2D eigenvalue weighted by atomic mass is 35.5. The summed E-state index contributed by atoms with van der Waals surface area (Å²) in [7, 11) is 3.25. The van der Waals surface area contributed by atoms with E-state index in [0.29, 0.717) is 23.9 Å². The van der Waals surface area contributed by atoms with Crippen molar-refractivity contribution in [1.29, 1.82) is 0 Å². The van der Waals surface area contributed by atoms with Gasteiger partial charge in [-0.2, -0.15) is 0 Å². The van der Waals surface area contributed by atoms with Crippen molar-refractivity contribution in [2.75, 3.05) is 20.8 Å². The SMILES string of the molecule is COc1cc2c(cc1OC)CN(C(=O)C=Cc1ccc(Cl)cc1)CC2. The number of fused-ring (bicyclic) bond motifs is 1. The number of rotatable bonds is 4. The van der Waals surface area contributed by atoms with Crippen molar-refractivity contribution in [3.8, 4) is 11.5 Å². The molecule has 0 aromatic heterocycles. The van der Waals surface area contributed by atoms with E-state index in [4.69, 9.17) is 21.1 Å². The van der Waals surface area contributed by atoms with Crippen molar-refractivity contribution >= 4 is 23.6 Å². The second-order valence-electron chi connectivity index (χ2n) is 5.87. The van der Waals surface area contributed by atoms with Crippen LogP contribution < -0.4 is 9.47 Å². The normalized spacial score (nSPS) is 13.6. The average Bonchev–Trinajstić information content (AvgIpc) is 2.65. The molecular formula is C20H20ClNO3. The Morgan fingerprint density at radius 1 is 1.08 bits per heavy atom. The molecule has 0 saturated heterocycles. The minimum Gasteiger partial charge on any atom is -0.493 e. The lowest BCUT2D eigenvalue weighted by Gasteiger charge is -2.28. The van der Waals surface area contributed by atoms with Crippen molar-refractivity contribution < 1.29 is 14.3 Å². The third kappa shape index (κ3) is 3.97. The molecule has 0 saturated carbocycles. The highest BCUT2D eigenvalue weighted by Gasteiger charge is 2.21. The van der Waals surface area contributed by atoms with Crippen LogP contribution in [0.1, 0.15) is 16.7 Å². The highest BCUT2D eigenvalue weighted by molar-refractivity contribution is 6.30. The summed E-state index contributed by atoms with van der Waals surface area (Å²) in [5.74, 6) is 1.41. The van der Waals surface area contributed by atoms with Gasteiger partial charge < -0.3 is 14.4 Å². The zero-order chi connectivity index (χ0) is 17.8. The molecular weight excluding hydrogens is 338 g/mol. The van der Waals surface area contributed by atoms with Crippen LogP contribution in [0.2, 0.25) is 5.02 Å². The second-order valence-corrected chi connectivity index (χ2v) is 6.31. The van der Waals surface area contributed by atoms with Gasteiger partial charge in [-0.1, -0.05) is 23.7 Å². The molecule has 0 unspecified atom stereocenters. The average molecular weight is 358 g/mol. The fourth-order valence-electron chi connectivity index (χ4n) is 2.92. The highest BCUT2D eigenvalue weighted by Crippen LogP contribution is 2.33. The summed E-state index contributed by atoms with van der Waals surface area (Å²) in [5.41, 5.74) is 3.24. The first-order valence-corrected chi connectivity index (χ1v) is 8.45. The van der Waals surface area contributed by atoms with Crippen LogP contribution in [0, 0.1) is 0 Å². The molecule has 0 N–H and O–H groups in total.